The van der Waals surface area contributed by atoms with Gasteiger partial charge >= 0.3 is 0 Å². The lowest BCUT2D eigenvalue weighted by atomic mass is 9.99. The molecule has 1 aromatic rings. The minimum atomic E-state index is 0.450. The van der Waals surface area contributed by atoms with Crippen molar-refractivity contribution in [3.63, 3.8) is 0 Å². The van der Waals surface area contributed by atoms with Gasteiger partial charge in [0.25, 0.3) is 0 Å². The molecule has 1 fully saturated rings. The van der Waals surface area contributed by atoms with Gasteiger partial charge in [0, 0.05) is 19.6 Å². The minimum Gasteiger partial charge on any atom is -0.353 e. The molecular weight excluding hydrogens is 226 g/mol. The highest BCUT2D eigenvalue weighted by Gasteiger charge is 2.27. The maximum absolute atomic E-state index is 9.30. The molecule has 0 saturated carbocycles. The number of hydrogen-bond donors (Lipinski definition) is 1. The molecule has 1 atom stereocenters. The third-order valence-corrected chi connectivity index (χ3v) is 3.70. The maximum atomic E-state index is 9.30. The van der Waals surface area contributed by atoms with Crippen LogP contribution in [0.5, 0.6) is 0 Å². The molecule has 1 saturated heterocycles. The van der Waals surface area contributed by atoms with Gasteiger partial charge in [-0.15, -0.1) is 0 Å². The average Bonchev–Trinajstić information content (AvgIpc) is 2.64. The number of aromatic nitrogens is 2. The molecule has 0 amide bonds. The van der Waals surface area contributed by atoms with Gasteiger partial charge in [0.05, 0.1) is 5.69 Å². The topological polar surface area (TPSA) is 70.9 Å². The molecule has 0 spiro atoms. The summed E-state index contributed by atoms with van der Waals surface area (Å²) in [6.45, 7) is 3.59. The van der Waals surface area contributed by atoms with Crippen LogP contribution in [0.2, 0.25) is 0 Å². The fourth-order valence-corrected chi connectivity index (χ4v) is 2.88. The second kappa shape index (κ2) is 5.40. The summed E-state index contributed by atoms with van der Waals surface area (Å²) in [6.07, 6.45) is 4.57. The van der Waals surface area contributed by atoms with Crippen LogP contribution in [0.1, 0.15) is 36.9 Å². The molecule has 1 aromatic heterocycles. The lowest BCUT2D eigenvalue weighted by Gasteiger charge is -2.37. The summed E-state index contributed by atoms with van der Waals surface area (Å²) in [6, 6.07) is 2.74. The zero-order valence-corrected chi connectivity index (χ0v) is 11.2. The van der Waals surface area contributed by atoms with Gasteiger partial charge in [-0.2, -0.15) is 10.4 Å². The van der Waals surface area contributed by atoms with Crippen molar-refractivity contribution in [3.8, 4) is 6.07 Å². The molecule has 1 unspecified atom stereocenters. The van der Waals surface area contributed by atoms with Gasteiger partial charge in [-0.05, 0) is 39.2 Å². The van der Waals surface area contributed by atoms with E-state index >= 15 is 0 Å². The molecule has 0 bridgehead atoms. The number of nitrogens with two attached hydrogens (primary N) is 1. The van der Waals surface area contributed by atoms with Crippen LogP contribution in [-0.2, 0) is 7.05 Å². The Balaban J connectivity index is 2.36. The van der Waals surface area contributed by atoms with E-state index in [4.69, 9.17) is 5.73 Å². The van der Waals surface area contributed by atoms with Crippen LogP contribution < -0.4 is 10.6 Å². The summed E-state index contributed by atoms with van der Waals surface area (Å²) in [5.74, 6) is 0.966. The Kier molecular flexibility index (Phi) is 3.87. The minimum absolute atomic E-state index is 0.450. The first-order valence-corrected chi connectivity index (χ1v) is 6.59. The monoisotopic (exact) mass is 247 g/mol. The smallest absolute Gasteiger partial charge is 0.145 e. The fraction of sp³-hybridized carbons (Fsp3) is 0.692. The molecule has 18 heavy (non-hydrogen) atoms. The SMILES string of the molecule is Cc1nn(C)c(N2CCCCC2CCN)c1C#N. The van der Waals surface area contributed by atoms with Crippen LogP contribution >= 0.6 is 0 Å². The van der Waals surface area contributed by atoms with Crippen molar-refractivity contribution in [3.05, 3.63) is 11.3 Å². The number of rotatable bonds is 3. The summed E-state index contributed by atoms with van der Waals surface area (Å²) < 4.78 is 1.84. The molecular formula is C13H21N5. The number of nitrogens with zero attached hydrogens (tertiary/aromatic N) is 4. The first-order valence-electron chi connectivity index (χ1n) is 6.59. The number of piperidine rings is 1. The molecule has 0 radical (unpaired) electrons. The fourth-order valence-electron chi connectivity index (χ4n) is 2.88. The van der Waals surface area contributed by atoms with E-state index in [1.165, 1.54) is 12.8 Å². The normalized spacial score (nSPS) is 19.9. The average molecular weight is 247 g/mol. The third-order valence-electron chi connectivity index (χ3n) is 3.70. The summed E-state index contributed by atoms with van der Waals surface area (Å²) in [5, 5.41) is 13.7. The molecule has 98 valence electrons. The molecule has 1 aliphatic heterocycles. The van der Waals surface area contributed by atoms with Crippen LogP contribution in [0.4, 0.5) is 5.82 Å². The van der Waals surface area contributed by atoms with Crippen LogP contribution in [0.25, 0.3) is 0 Å². The summed E-state index contributed by atoms with van der Waals surface area (Å²) >= 11 is 0. The number of hydrogen-bond acceptors (Lipinski definition) is 4. The van der Waals surface area contributed by atoms with Crippen molar-refractivity contribution in [2.45, 2.75) is 38.6 Å². The Morgan fingerprint density at radius 2 is 2.28 bits per heavy atom. The molecule has 2 heterocycles. The van der Waals surface area contributed by atoms with Gasteiger partial charge < -0.3 is 10.6 Å². The predicted octanol–water partition coefficient (Wildman–Crippen LogP) is 1.31. The van der Waals surface area contributed by atoms with E-state index < -0.39 is 0 Å². The van der Waals surface area contributed by atoms with Crippen molar-refractivity contribution in [1.29, 1.82) is 5.26 Å². The first kappa shape index (κ1) is 12.9. The molecule has 5 heteroatoms. The summed E-state index contributed by atoms with van der Waals surface area (Å²) in [4.78, 5) is 2.33. The first-order chi connectivity index (χ1) is 8.69. The molecule has 2 rings (SSSR count). The second-order valence-electron chi connectivity index (χ2n) is 4.94. The van der Waals surface area contributed by atoms with Gasteiger partial charge in [-0.1, -0.05) is 0 Å². The third kappa shape index (κ3) is 2.21. The van der Waals surface area contributed by atoms with E-state index in [2.05, 4.69) is 16.1 Å². The van der Waals surface area contributed by atoms with Gasteiger partial charge in [0.1, 0.15) is 17.5 Å². The Labute approximate surface area is 108 Å². The number of nitriles is 1. The van der Waals surface area contributed by atoms with E-state index in [0.717, 1.165) is 30.9 Å². The Bertz CT molecular complexity index is 455. The van der Waals surface area contributed by atoms with Crippen LogP contribution in [-0.4, -0.2) is 28.9 Å². The second-order valence-corrected chi connectivity index (χ2v) is 4.94. The van der Waals surface area contributed by atoms with E-state index in [1.54, 1.807) is 0 Å². The van der Waals surface area contributed by atoms with E-state index in [0.29, 0.717) is 18.2 Å². The highest BCUT2D eigenvalue weighted by atomic mass is 15.4. The Morgan fingerprint density at radius 3 is 2.94 bits per heavy atom. The number of aryl methyl sites for hydroxylation is 2. The Hall–Kier alpha value is -1.54. The maximum Gasteiger partial charge on any atom is 0.145 e. The van der Waals surface area contributed by atoms with E-state index in [-0.39, 0.29) is 0 Å². The van der Waals surface area contributed by atoms with Gasteiger partial charge in [-0.25, -0.2) is 0 Å². The quantitative estimate of drug-likeness (QED) is 0.874. The Morgan fingerprint density at radius 1 is 1.50 bits per heavy atom. The van der Waals surface area contributed by atoms with Crippen LogP contribution in [0, 0.1) is 18.3 Å². The van der Waals surface area contributed by atoms with Gasteiger partial charge in [0.2, 0.25) is 0 Å². The molecule has 5 nitrogen and oxygen atoms in total. The van der Waals surface area contributed by atoms with Crippen molar-refractivity contribution in [1.82, 2.24) is 9.78 Å². The van der Waals surface area contributed by atoms with Gasteiger partial charge in [0.15, 0.2) is 0 Å². The van der Waals surface area contributed by atoms with Crippen molar-refractivity contribution in [2.75, 3.05) is 18.0 Å². The van der Waals surface area contributed by atoms with Crippen molar-refractivity contribution in [2.24, 2.45) is 12.8 Å². The molecule has 0 aromatic carbocycles. The van der Waals surface area contributed by atoms with Gasteiger partial charge in [-0.3, -0.25) is 4.68 Å². The van der Waals surface area contributed by atoms with Crippen LogP contribution in [0.15, 0.2) is 0 Å². The zero-order valence-electron chi connectivity index (χ0n) is 11.2. The van der Waals surface area contributed by atoms with Crippen molar-refractivity contribution >= 4 is 5.82 Å². The van der Waals surface area contributed by atoms with Crippen molar-refractivity contribution < 1.29 is 0 Å². The van der Waals surface area contributed by atoms with E-state index in [1.807, 2.05) is 18.7 Å². The molecule has 1 aliphatic rings. The summed E-state index contributed by atoms with van der Waals surface area (Å²) in [5.41, 5.74) is 7.22. The number of anilines is 1. The lowest BCUT2D eigenvalue weighted by molar-refractivity contribution is 0.433. The van der Waals surface area contributed by atoms with Crippen LogP contribution in [0.3, 0.4) is 0 Å². The zero-order chi connectivity index (χ0) is 13.1. The highest BCUT2D eigenvalue weighted by molar-refractivity contribution is 5.57. The van der Waals surface area contributed by atoms with E-state index in [9.17, 15) is 5.26 Å². The molecule has 2 N–H and O–H groups in total. The summed E-state index contributed by atoms with van der Waals surface area (Å²) in [7, 11) is 1.91. The highest BCUT2D eigenvalue weighted by Crippen LogP contribution is 2.29. The largest absolute Gasteiger partial charge is 0.353 e. The lowest BCUT2D eigenvalue weighted by Crippen LogP contribution is -2.42. The predicted molar refractivity (Wildman–Crippen MR) is 71.3 cm³/mol. The molecule has 0 aliphatic carbocycles. The standard InChI is InChI=1S/C13H21N5/c1-10-12(9-15)13(17(2)16-10)18-8-4-3-5-11(18)6-7-14/h11H,3-8,14H2,1-2H3.